The lowest BCUT2D eigenvalue weighted by atomic mass is 9.98. The highest BCUT2D eigenvalue weighted by Crippen LogP contribution is 2.25. The summed E-state index contributed by atoms with van der Waals surface area (Å²) in [5.74, 6) is -0.432. The molecule has 1 aliphatic rings. The Labute approximate surface area is 136 Å². The van der Waals surface area contributed by atoms with Crippen molar-refractivity contribution in [3.05, 3.63) is 32.4 Å². The van der Waals surface area contributed by atoms with E-state index in [0.717, 1.165) is 22.8 Å². The smallest absolute Gasteiger partial charge is 0.255 e. The zero-order valence-electron chi connectivity index (χ0n) is 10.9. The van der Waals surface area contributed by atoms with Gasteiger partial charge >= 0.3 is 0 Å². The average Bonchev–Trinajstić information content (AvgIpc) is 2.41. The SMILES string of the molecule is NC(=O)CC1CCCCN1C(=O)c1cc(Cl)ccc1I. The average molecular weight is 407 g/mol. The maximum atomic E-state index is 12.7. The third kappa shape index (κ3) is 3.63. The second-order valence-corrected chi connectivity index (χ2v) is 6.54. The summed E-state index contributed by atoms with van der Waals surface area (Å²) in [5, 5.41) is 0.539. The Morgan fingerprint density at radius 1 is 1.40 bits per heavy atom. The Morgan fingerprint density at radius 2 is 2.15 bits per heavy atom. The molecule has 1 saturated heterocycles. The molecule has 1 aromatic rings. The zero-order chi connectivity index (χ0) is 14.7. The van der Waals surface area contributed by atoms with Crippen LogP contribution in [0, 0.1) is 3.57 Å². The fraction of sp³-hybridized carbons (Fsp3) is 0.429. The van der Waals surface area contributed by atoms with Gasteiger partial charge < -0.3 is 10.6 Å². The number of hydrogen-bond acceptors (Lipinski definition) is 2. The van der Waals surface area contributed by atoms with E-state index in [1.54, 1.807) is 17.0 Å². The monoisotopic (exact) mass is 406 g/mol. The van der Waals surface area contributed by atoms with Crippen molar-refractivity contribution in [1.82, 2.24) is 4.90 Å². The lowest BCUT2D eigenvalue weighted by molar-refractivity contribution is -0.119. The number of nitrogens with two attached hydrogens (primary N) is 1. The highest BCUT2D eigenvalue weighted by atomic mass is 127. The molecular formula is C14H16ClIN2O2. The van der Waals surface area contributed by atoms with Gasteiger partial charge in [-0.15, -0.1) is 0 Å². The van der Waals surface area contributed by atoms with Crippen molar-refractivity contribution in [1.29, 1.82) is 0 Å². The van der Waals surface area contributed by atoms with Crippen LogP contribution in [-0.2, 0) is 4.79 Å². The van der Waals surface area contributed by atoms with Crippen LogP contribution >= 0.6 is 34.2 Å². The van der Waals surface area contributed by atoms with Crippen molar-refractivity contribution in [2.75, 3.05) is 6.54 Å². The standard InChI is InChI=1S/C14H16ClIN2O2/c15-9-4-5-12(16)11(7-9)14(20)18-6-2-1-3-10(18)8-13(17)19/h4-5,7,10H,1-3,6,8H2,(H2,17,19). The predicted molar refractivity (Wildman–Crippen MR) is 86.7 cm³/mol. The van der Waals surface area contributed by atoms with Crippen LogP contribution in [0.5, 0.6) is 0 Å². The van der Waals surface area contributed by atoms with Crippen LogP contribution in [0.4, 0.5) is 0 Å². The van der Waals surface area contributed by atoms with E-state index in [9.17, 15) is 9.59 Å². The largest absolute Gasteiger partial charge is 0.370 e. The minimum atomic E-state index is -0.365. The summed E-state index contributed by atoms with van der Waals surface area (Å²) in [6, 6.07) is 5.17. The van der Waals surface area contributed by atoms with E-state index in [1.807, 2.05) is 6.07 Å². The molecule has 1 heterocycles. The number of halogens is 2. The van der Waals surface area contributed by atoms with E-state index in [1.165, 1.54) is 0 Å². The molecular weight excluding hydrogens is 391 g/mol. The Morgan fingerprint density at radius 3 is 2.85 bits per heavy atom. The summed E-state index contributed by atoms with van der Waals surface area (Å²) < 4.78 is 0.861. The van der Waals surface area contributed by atoms with Crippen molar-refractivity contribution in [3.8, 4) is 0 Å². The van der Waals surface area contributed by atoms with Gasteiger partial charge in [-0.2, -0.15) is 0 Å². The minimum absolute atomic E-state index is 0.0668. The Bertz CT molecular complexity index is 536. The lowest BCUT2D eigenvalue weighted by Crippen LogP contribution is -2.45. The molecule has 0 spiro atoms. The second-order valence-electron chi connectivity index (χ2n) is 4.94. The van der Waals surface area contributed by atoms with E-state index in [0.29, 0.717) is 17.1 Å². The molecule has 2 amide bonds. The normalized spacial score (nSPS) is 18.9. The molecule has 4 nitrogen and oxygen atoms in total. The summed E-state index contributed by atoms with van der Waals surface area (Å²) in [4.78, 5) is 25.6. The first kappa shape index (κ1) is 15.6. The van der Waals surface area contributed by atoms with E-state index >= 15 is 0 Å². The van der Waals surface area contributed by atoms with Gasteiger partial charge in [-0.1, -0.05) is 11.6 Å². The fourth-order valence-electron chi connectivity index (χ4n) is 2.53. The second kappa shape index (κ2) is 6.76. The maximum absolute atomic E-state index is 12.7. The number of hydrogen-bond donors (Lipinski definition) is 1. The van der Waals surface area contributed by atoms with E-state index in [-0.39, 0.29) is 24.3 Å². The summed E-state index contributed by atoms with van der Waals surface area (Å²) >= 11 is 8.10. The highest BCUT2D eigenvalue weighted by Gasteiger charge is 2.29. The van der Waals surface area contributed by atoms with Crippen molar-refractivity contribution in [2.24, 2.45) is 5.73 Å². The van der Waals surface area contributed by atoms with Gasteiger partial charge in [-0.3, -0.25) is 9.59 Å². The first-order valence-electron chi connectivity index (χ1n) is 6.53. The number of rotatable bonds is 3. The van der Waals surface area contributed by atoms with Gasteiger partial charge in [0.2, 0.25) is 5.91 Å². The Kier molecular flexibility index (Phi) is 5.26. The molecule has 2 N–H and O–H groups in total. The first-order chi connectivity index (χ1) is 9.49. The number of primary amides is 1. The summed E-state index contributed by atoms with van der Waals surface area (Å²) in [5.41, 5.74) is 5.87. The van der Waals surface area contributed by atoms with Crippen LogP contribution in [0.2, 0.25) is 5.02 Å². The molecule has 1 aromatic carbocycles. The number of piperidine rings is 1. The third-order valence-electron chi connectivity index (χ3n) is 3.48. The zero-order valence-corrected chi connectivity index (χ0v) is 13.9. The third-order valence-corrected chi connectivity index (χ3v) is 4.66. The van der Waals surface area contributed by atoms with Crippen LogP contribution in [0.15, 0.2) is 18.2 Å². The van der Waals surface area contributed by atoms with Crippen LogP contribution < -0.4 is 5.73 Å². The first-order valence-corrected chi connectivity index (χ1v) is 7.99. The van der Waals surface area contributed by atoms with E-state index in [2.05, 4.69) is 22.6 Å². The number of amides is 2. The number of benzene rings is 1. The van der Waals surface area contributed by atoms with Gasteiger partial charge in [0.1, 0.15) is 0 Å². The fourth-order valence-corrected chi connectivity index (χ4v) is 3.27. The Balaban J connectivity index is 2.25. The van der Waals surface area contributed by atoms with Crippen LogP contribution in [0.25, 0.3) is 0 Å². The van der Waals surface area contributed by atoms with Gasteiger partial charge in [0, 0.05) is 27.6 Å². The quantitative estimate of drug-likeness (QED) is 0.785. The van der Waals surface area contributed by atoms with Crippen molar-refractivity contribution >= 4 is 46.0 Å². The molecule has 1 atom stereocenters. The van der Waals surface area contributed by atoms with Crippen LogP contribution in [0.3, 0.4) is 0 Å². The molecule has 0 radical (unpaired) electrons. The van der Waals surface area contributed by atoms with Gasteiger partial charge in [0.15, 0.2) is 0 Å². The van der Waals surface area contributed by atoms with Crippen molar-refractivity contribution in [2.45, 2.75) is 31.7 Å². The van der Waals surface area contributed by atoms with Gasteiger partial charge in [-0.25, -0.2) is 0 Å². The number of carbonyl (C=O) groups excluding carboxylic acids is 2. The molecule has 1 fully saturated rings. The van der Waals surface area contributed by atoms with E-state index in [4.69, 9.17) is 17.3 Å². The van der Waals surface area contributed by atoms with Crippen molar-refractivity contribution < 1.29 is 9.59 Å². The molecule has 0 aliphatic carbocycles. The predicted octanol–water partition coefficient (Wildman–Crippen LogP) is 2.81. The van der Waals surface area contributed by atoms with Gasteiger partial charge in [0.25, 0.3) is 5.91 Å². The molecule has 0 saturated carbocycles. The molecule has 0 aromatic heterocycles. The van der Waals surface area contributed by atoms with Crippen molar-refractivity contribution in [3.63, 3.8) is 0 Å². The topological polar surface area (TPSA) is 63.4 Å². The molecule has 20 heavy (non-hydrogen) atoms. The van der Waals surface area contributed by atoms with Crippen LogP contribution in [-0.4, -0.2) is 29.3 Å². The number of likely N-dealkylation sites (tertiary alicyclic amines) is 1. The summed E-state index contributed by atoms with van der Waals surface area (Å²) in [7, 11) is 0. The molecule has 6 heteroatoms. The number of nitrogens with zero attached hydrogens (tertiary/aromatic N) is 1. The van der Waals surface area contributed by atoms with Gasteiger partial charge in [-0.05, 0) is 60.1 Å². The molecule has 1 unspecified atom stereocenters. The van der Waals surface area contributed by atoms with E-state index < -0.39 is 0 Å². The molecule has 108 valence electrons. The Hall–Kier alpha value is -0.820. The summed E-state index contributed by atoms with van der Waals surface area (Å²) in [6.45, 7) is 0.666. The molecule has 1 aliphatic heterocycles. The molecule has 2 rings (SSSR count). The van der Waals surface area contributed by atoms with Crippen LogP contribution in [0.1, 0.15) is 36.0 Å². The lowest BCUT2D eigenvalue weighted by Gasteiger charge is -2.35. The maximum Gasteiger partial charge on any atom is 0.255 e. The summed E-state index contributed by atoms with van der Waals surface area (Å²) in [6.07, 6.45) is 3.03. The highest BCUT2D eigenvalue weighted by molar-refractivity contribution is 14.1. The van der Waals surface area contributed by atoms with Gasteiger partial charge in [0.05, 0.1) is 5.56 Å². The number of carbonyl (C=O) groups is 2. The minimum Gasteiger partial charge on any atom is -0.370 e. The molecule has 0 bridgehead atoms.